The van der Waals surface area contributed by atoms with Crippen molar-refractivity contribution in [2.45, 2.75) is 64.0 Å². The minimum Gasteiger partial charge on any atom is -0.484 e. The molecular formula is C24H29N3O3S. The van der Waals surface area contributed by atoms with Crippen LogP contribution in [0.25, 0.3) is 0 Å². The molecule has 0 spiro atoms. The van der Waals surface area contributed by atoms with Gasteiger partial charge in [0.1, 0.15) is 5.75 Å². The predicted octanol–water partition coefficient (Wildman–Crippen LogP) is 5.90. The molecule has 1 aromatic heterocycles. The summed E-state index contributed by atoms with van der Waals surface area (Å²) in [6.07, 6.45) is 1.01. The van der Waals surface area contributed by atoms with Crippen LogP contribution in [0.2, 0.25) is 0 Å². The summed E-state index contributed by atoms with van der Waals surface area (Å²) in [7, 11) is 0. The van der Waals surface area contributed by atoms with E-state index in [2.05, 4.69) is 35.4 Å². The Morgan fingerprint density at radius 1 is 1.16 bits per heavy atom. The number of nitrogens with zero attached hydrogens (tertiary/aromatic N) is 2. The van der Waals surface area contributed by atoms with Gasteiger partial charge in [-0.05, 0) is 61.9 Å². The molecule has 0 fully saturated rings. The monoisotopic (exact) mass is 439 g/mol. The van der Waals surface area contributed by atoms with Crippen molar-refractivity contribution in [2.75, 3.05) is 5.32 Å². The Kier molecular flexibility index (Phi) is 7.74. The zero-order chi connectivity index (χ0) is 22.4. The minimum absolute atomic E-state index is 0.105. The highest BCUT2D eigenvalue weighted by Crippen LogP contribution is 2.28. The first-order valence-electron chi connectivity index (χ1n) is 10.5. The molecule has 0 aliphatic heterocycles. The van der Waals surface area contributed by atoms with E-state index in [0.29, 0.717) is 17.0 Å². The molecule has 31 heavy (non-hydrogen) atoms. The normalized spacial score (nSPS) is 12.9. The van der Waals surface area contributed by atoms with Gasteiger partial charge in [-0.15, -0.1) is 10.2 Å². The van der Waals surface area contributed by atoms with Crippen molar-refractivity contribution >= 4 is 23.4 Å². The SMILES string of the molecule is CCC(C)c1ccccc1NC(=O)C(C)Sc1nnc(COc2cc(C)ccc2C)o1. The van der Waals surface area contributed by atoms with Crippen molar-refractivity contribution in [1.82, 2.24) is 10.2 Å². The molecule has 7 heteroatoms. The average molecular weight is 440 g/mol. The van der Waals surface area contributed by atoms with Crippen LogP contribution in [-0.2, 0) is 11.4 Å². The summed E-state index contributed by atoms with van der Waals surface area (Å²) in [5.41, 5.74) is 4.15. The number of nitrogens with one attached hydrogen (secondary N) is 1. The highest BCUT2D eigenvalue weighted by atomic mass is 32.2. The molecule has 0 radical (unpaired) electrons. The molecule has 3 aromatic rings. The molecule has 3 rings (SSSR count). The topological polar surface area (TPSA) is 77.2 Å². The molecule has 0 saturated heterocycles. The van der Waals surface area contributed by atoms with E-state index in [4.69, 9.17) is 9.15 Å². The van der Waals surface area contributed by atoms with Crippen LogP contribution in [0.1, 0.15) is 55.7 Å². The van der Waals surface area contributed by atoms with Crippen LogP contribution in [0.5, 0.6) is 5.75 Å². The van der Waals surface area contributed by atoms with E-state index in [1.807, 2.05) is 57.2 Å². The fourth-order valence-corrected chi connectivity index (χ4v) is 3.75. The van der Waals surface area contributed by atoms with Gasteiger partial charge in [0.2, 0.25) is 5.91 Å². The summed E-state index contributed by atoms with van der Waals surface area (Å²) < 4.78 is 11.5. The maximum atomic E-state index is 12.7. The van der Waals surface area contributed by atoms with Gasteiger partial charge in [-0.25, -0.2) is 0 Å². The van der Waals surface area contributed by atoms with Crippen molar-refractivity contribution in [1.29, 1.82) is 0 Å². The van der Waals surface area contributed by atoms with Crippen molar-refractivity contribution < 1.29 is 13.9 Å². The van der Waals surface area contributed by atoms with Crippen molar-refractivity contribution in [3.05, 3.63) is 65.0 Å². The summed E-state index contributed by atoms with van der Waals surface area (Å²) in [6, 6.07) is 13.9. The number of carbonyl (C=O) groups excluding carboxylic acids is 1. The van der Waals surface area contributed by atoms with Crippen LogP contribution >= 0.6 is 11.8 Å². The lowest BCUT2D eigenvalue weighted by atomic mass is 9.97. The predicted molar refractivity (Wildman–Crippen MR) is 124 cm³/mol. The van der Waals surface area contributed by atoms with Crippen LogP contribution in [0.3, 0.4) is 0 Å². The molecule has 2 aromatic carbocycles. The van der Waals surface area contributed by atoms with Gasteiger partial charge in [0.15, 0.2) is 6.61 Å². The highest BCUT2D eigenvalue weighted by Gasteiger charge is 2.20. The van der Waals surface area contributed by atoms with Crippen LogP contribution in [0.15, 0.2) is 52.1 Å². The van der Waals surface area contributed by atoms with E-state index in [1.165, 1.54) is 11.8 Å². The average Bonchev–Trinajstić information content (AvgIpc) is 3.21. The molecule has 0 saturated carbocycles. The smallest absolute Gasteiger partial charge is 0.277 e. The summed E-state index contributed by atoms with van der Waals surface area (Å²) in [6.45, 7) is 10.3. The second-order valence-electron chi connectivity index (χ2n) is 7.67. The third kappa shape index (κ3) is 6.10. The molecule has 0 bridgehead atoms. The summed E-state index contributed by atoms with van der Waals surface area (Å²) in [5.74, 6) is 1.43. The number of anilines is 1. The number of para-hydroxylation sites is 1. The van der Waals surface area contributed by atoms with Gasteiger partial charge in [-0.2, -0.15) is 0 Å². The lowest BCUT2D eigenvalue weighted by Gasteiger charge is -2.17. The summed E-state index contributed by atoms with van der Waals surface area (Å²) in [4.78, 5) is 12.7. The first-order valence-corrected chi connectivity index (χ1v) is 11.3. The van der Waals surface area contributed by atoms with Gasteiger partial charge < -0.3 is 14.5 Å². The van der Waals surface area contributed by atoms with Crippen LogP contribution in [-0.4, -0.2) is 21.4 Å². The van der Waals surface area contributed by atoms with E-state index in [0.717, 1.165) is 34.5 Å². The molecule has 1 amide bonds. The van der Waals surface area contributed by atoms with Gasteiger partial charge in [-0.3, -0.25) is 4.79 Å². The summed E-state index contributed by atoms with van der Waals surface area (Å²) >= 11 is 1.23. The number of aryl methyl sites for hydroxylation is 2. The van der Waals surface area contributed by atoms with E-state index >= 15 is 0 Å². The number of rotatable bonds is 9. The fraction of sp³-hybridized carbons (Fsp3) is 0.375. The first kappa shape index (κ1) is 22.9. The largest absolute Gasteiger partial charge is 0.484 e. The van der Waals surface area contributed by atoms with Crippen molar-refractivity contribution in [3.8, 4) is 5.75 Å². The molecule has 6 nitrogen and oxygen atoms in total. The van der Waals surface area contributed by atoms with E-state index in [9.17, 15) is 4.79 Å². The van der Waals surface area contributed by atoms with Crippen LogP contribution in [0, 0.1) is 13.8 Å². The Hall–Kier alpha value is -2.80. The number of benzene rings is 2. The lowest BCUT2D eigenvalue weighted by molar-refractivity contribution is -0.115. The zero-order valence-corrected chi connectivity index (χ0v) is 19.5. The number of thioether (sulfide) groups is 1. The maximum absolute atomic E-state index is 12.7. The fourth-order valence-electron chi connectivity index (χ4n) is 3.05. The Morgan fingerprint density at radius 3 is 2.71 bits per heavy atom. The first-order chi connectivity index (χ1) is 14.9. The number of hydrogen-bond donors (Lipinski definition) is 1. The standard InChI is InChI=1S/C24H29N3O3S/c1-6-16(3)19-9-7-8-10-20(19)25-23(28)18(5)31-24-27-26-22(30-24)14-29-21-13-15(2)11-12-17(21)4/h7-13,16,18H,6,14H2,1-5H3,(H,25,28). The van der Waals surface area contributed by atoms with Gasteiger partial charge >= 0.3 is 0 Å². The maximum Gasteiger partial charge on any atom is 0.277 e. The molecule has 1 heterocycles. The molecule has 0 aliphatic rings. The Labute approximate surface area is 187 Å². The summed E-state index contributed by atoms with van der Waals surface area (Å²) in [5, 5.41) is 11.1. The van der Waals surface area contributed by atoms with Gasteiger partial charge in [-0.1, -0.05) is 55.9 Å². The van der Waals surface area contributed by atoms with Gasteiger partial charge in [0, 0.05) is 5.69 Å². The van der Waals surface area contributed by atoms with Crippen molar-refractivity contribution in [3.63, 3.8) is 0 Å². The van der Waals surface area contributed by atoms with E-state index in [1.54, 1.807) is 0 Å². The van der Waals surface area contributed by atoms with Crippen LogP contribution < -0.4 is 10.1 Å². The molecule has 164 valence electrons. The Balaban J connectivity index is 1.58. The number of carbonyl (C=O) groups is 1. The minimum atomic E-state index is -0.391. The Bertz CT molecular complexity index is 1030. The van der Waals surface area contributed by atoms with Gasteiger partial charge in [0.25, 0.3) is 11.1 Å². The van der Waals surface area contributed by atoms with E-state index < -0.39 is 5.25 Å². The number of hydrogen-bond acceptors (Lipinski definition) is 6. The molecule has 0 aliphatic carbocycles. The van der Waals surface area contributed by atoms with E-state index in [-0.39, 0.29) is 12.5 Å². The number of amides is 1. The molecule has 2 unspecified atom stereocenters. The second-order valence-corrected chi connectivity index (χ2v) is 8.96. The lowest BCUT2D eigenvalue weighted by Crippen LogP contribution is -2.23. The number of aromatic nitrogens is 2. The molecule has 2 atom stereocenters. The highest BCUT2D eigenvalue weighted by molar-refractivity contribution is 8.00. The third-order valence-corrected chi connectivity index (χ3v) is 6.09. The second kappa shape index (κ2) is 10.5. The zero-order valence-electron chi connectivity index (χ0n) is 18.6. The van der Waals surface area contributed by atoms with Crippen LogP contribution in [0.4, 0.5) is 5.69 Å². The molecular weight excluding hydrogens is 410 g/mol. The van der Waals surface area contributed by atoms with Crippen molar-refractivity contribution in [2.24, 2.45) is 0 Å². The van der Waals surface area contributed by atoms with Gasteiger partial charge in [0.05, 0.1) is 5.25 Å². The number of ether oxygens (including phenoxy) is 1. The Morgan fingerprint density at radius 2 is 1.94 bits per heavy atom. The quantitative estimate of drug-likeness (QED) is 0.418. The third-order valence-electron chi connectivity index (χ3n) is 5.15. The molecule has 1 N–H and O–H groups in total.